The van der Waals surface area contributed by atoms with Gasteiger partial charge in [0.05, 0.1) is 17.6 Å². The topological polar surface area (TPSA) is 87.7 Å². The molecule has 162 valence electrons. The van der Waals surface area contributed by atoms with E-state index >= 15 is 0 Å². The molecule has 0 radical (unpaired) electrons. The highest BCUT2D eigenvalue weighted by Gasteiger charge is 2.22. The Morgan fingerprint density at radius 2 is 1.97 bits per heavy atom. The van der Waals surface area contributed by atoms with Gasteiger partial charge in [0.25, 0.3) is 0 Å². The highest BCUT2D eigenvalue weighted by Crippen LogP contribution is 2.22. The molecule has 8 heteroatoms. The van der Waals surface area contributed by atoms with Gasteiger partial charge in [-0.05, 0) is 36.2 Å². The zero-order valence-corrected chi connectivity index (χ0v) is 18.2. The molecule has 2 N–H and O–H groups in total. The molecule has 0 aromatic heterocycles. The quantitative estimate of drug-likeness (QED) is 0.671. The summed E-state index contributed by atoms with van der Waals surface area (Å²) in [5, 5.41) is 2.74. The first-order valence-electron chi connectivity index (χ1n) is 10.2. The number of sulfonamides is 1. The average molecular weight is 432 g/mol. The fourth-order valence-electron chi connectivity index (χ4n) is 3.47. The van der Waals surface area contributed by atoms with E-state index in [2.05, 4.69) is 14.9 Å². The van der Waals surface area contributed by atoms with E-state index in [0.717, 1.165) is 18.7 Å². The molecule has 3 rings (SSSR count). The fourth-order valence-corrected chi connectivity index (χ4v) is 4.71. The molecular formula is C22H29N3O4S. The maximum absolute atomic E-state index is 12.7. The van der Waals surface area contributed by atoms with Gasteiger partial charge in [-0.25, -0.2) is 13.1 Å². The van der Waals surface area contributed by atoms with Crippen LogP contribution in [0.2, 0.25) is 0 Å². The third-order valence-electron chi connectivity index (χ3n) is 5.11. The number of nitrogens with one attached hydrogen (secondary N) is 2. The van der Waals surface area contributed by atoms with Crippen LogP contribution in [0.15, 0.2) is 53.4 Å². The highest BCUT2D eigenvalue weighted by molar-refractivity contribution is 7.89. The van der Waals surface area contributed by atoms with Gasteiger partial charge in [-0.3, -0.25) is 9.69 Å². The van der Waals surface area contributed by atoms with Crippen molar-refractivity contribution >= 4 is 21.6 Å². The van der Waals surface area contributed by atoms with E-state index in [-0.39, 0.29) is 16.9 Å². The molecule has 1 atom stereocenters. The third-order valence-corrected chi connectivity index (χ3v) is 6.73. The van der Waals surface area contributed by atoms with Crippen LogP contribution in [-0.4, -0.2) is 52.0 Å². The van der Waals surface area contributed by atoms with Crippen LogP contribution in [-0.2, 0) is 19.6 Å². The largest absolute Gasteiger partial charge is 0.371 e. The number of hydrogen-bond acceptors (Lipinski definition) is 5. The Morgan fingerprint density at radius 3 is 2.67 bits per heavy atom. The summed E-state index contributed by atoms with van der Waals surface area (Å²) in [5.74, 6) is -0.109. The van der Waals surface area contributed by atoms with Crippen LogP contribution < -0.4 is 10.0 Å². The van der Waals surface area contributed by atoms with Crippen molar-refractivity contribution in [1.82, 2.24) is 9.62 Å². The monoisotopic (exact) mass is 431 g/mol. The lowest BCUT2D eigenvalue weighted by Crippen LogP contribution is -2.42. The SMILES string of the molecule is CCC(=O)Nc1ccc(S(=O)(=O)NCCN2CCOC(c3ccccc3)C2)c(C)c1. The number of rotatable bonds is 8. The zero-order chi connectivity index (χ0) is 21.6. The van der Waals surface area contributed by atoms with Crippen LogP contribution in [0.5, 0.6) is 0 Å². The molecule has 1 unspecified atom stereocenters. The van der Waals surface area contributed by atoms with Crippen molar-refractivity contribution in [3.05, 3.63) is 59.7 Å². The number of hydrogen-bond donors (Lipinski definition) is 2. The van der Waals surface area contributed by atoms with Gasteiger partial charge >= 0.3 is 0 Å². The van der Waals surface area contributed by atoms with E-state index in [1.54, 1.807) is 26.0 Å². The van der Waals surface area contributed by atoms with Crippen LogP contribution >= 0.6 is 0 Å². The van der Waals surface area contributed by atoms with Gasteiger partial charge in [-0.15, -0.1) is 0 Å². The van der Waals surface area contributed by atoms with Gasteiger partial charge in [-0.1, -0.05) is 37.3 Å². The summed E-state index contributed by atoms with van der Waals surface area (Å²) in [5.41, 5.74) is 2.32. The van der Waals surface area contributed by atoms with Gasteiger partial charge in [0, 0.05) is 38.3 Å². The number of carbonyl (C=O) groups is 1. The molecule has 2 aromatic carbocycles. The first-order valence-corrected chi connectivity index (χ1v) is 11.7. The van der Waals surface area contributed by atoms with E-state index in [1.807, 2.05) is 30.3 Å². The minimum atomic E-state index is -3.63. The number of benzene rings is 2. The van der Waals surface area contributed by atoms with Crippen molar-refractivity contribution in [2.24, 2.45) is 0 Å². The lowest BCUT2D eigenvalue weighted by atomic mass is 10.1. The van der Waals surface area contributed by atoms with Gasteiger partial charge < -0.3 is 10.1 Å². The molecule has 2 aromatic rings. The van der Waals surface area contributed by atoms with Gasteiger partial charge in [0.2, 0.25) is 15.9 Å². The maximum atomic E-state index is 12.7. The summed E-state index contributed by atoms with van der Waals surface area (Å²) in [4.78, 5) is 14.0. The predicted molar refractivity (Wildman–Crippen MR) is 117 cm³/mol. The van der Waals surface area contributed by atoms with Crippen LogP contribution in [0.3, 0.4) is 0 Å². The molecule has 7 nitrogen and oxygen atoms in total. The third kappa shape index (κ3) is 5.89. The van der Waals surface area contributed by atoms with Crippen molar-refractivity contribution in [1.29, 1.82) is 0 Å². The number of nitrogens with zero attached hydrogens (tertiary/aromatic N) is 1. The molecule has 0 bridgehead atoms. The second-order valence-corrected chi connectivity index (χ2v) is 9.09. The molecule has 0 saturated carbocycles. The Labute approximate surface area is 178 Å². The number of carbonyl (C=O) groups excluding carboxylic acids is 1. The molecular weight excluding hydrogens is 402 g/mol. The van der Waals surface area contributed by atoms with Crippen molar-refractivity contribution in [2.75, 3.05) is 38.1 Å². The molecule has 0 spiro atoms. The maximum Gasteiger partial charge on any atom is 0.240 e. The second kappa shape index (κ2) is 10.2. The van der Waals surface area contributed by atoms with Crippen LogP contribution in [0.4, 0.5) is 5.69 Å². The van der Waals surface area contributed by atoms with Crippen molar-refractivity contribution in [3.8, 4) is 0 Å². The summed E-state index contributed by atoms with van der Waals surface area (Å²) in [7, 11) is -3.63. The van der Waals surface area contributed by atoms with Crippen molar-refractivity contribution in [3.63, 3.8) is 0 Å². The van der Waals surface area contributed by atoms with Crippen molar-refractivity contribution in [2.45, 2.75) is 31.3 Å². The Hall–Kier alpha value is -2.26. The predicted octanol–water partition coefficient (Wildman–Crippen LogP) is 2.70. The Morgan fingerprint density at radius 1 is 1.20 bits per heavy atom. The minimum Gasteiger partial charge on any atom is -0.371 e. The number of aryl methyl sites for hydroxylation is 1. The molecule has 1 aliphatic rings. The Bertz CT molecular complexity index is 964. The van der Waals surface area contributed by atoms with Crippen molar-refractivity contribution < 1.29 is 17.9 Å². The molecule has 30 heavy (non-hydrogen) atoms. The van der Waals surface area contributed by atoms with Gasteiger partial charge in [0.1, 0.15) is 0 Å². The summed E-state index contributed by atoms with van der Waals surface area (Å²) in [6.07, 6.45) is 0.373. The summed E-state index contributed by atoms with van der Waals surface area (Å²) in [6.45, 7) is 6.54. The van der Waals surface area contributed by atoms with E-state index in [1.165, 1.54) is 6.07 Å². The minimum absolute atomic E-state index is 0.00433. The van der Waals surface area contributed by atoms with Crippen LogP contribution in [0.25, 0.3) is 0 Å². The normalized spacial score (nSPS) is 17.6. The first kappa shape index (κ1) is 22.4. The smallest absolute Gasteiger partial charge is 0.240 e. The van der Waals surface area contributed by atoms with E-state index in [9.17, 15) is 13.2 Å². The first-order chi connectivity index (χ1) is 14.4. The summed E-state index contributed by atoms with van der Waals surface area (Å²) in [6, 6.07) is 14.9. The number of amides is 1. The second-order valence-electron chi connectivity index (χ2n) is 7.35. The average Bonchev–Trinajstić information content (AvgIpc) is 2.74. The van der Waals surface area contributed by atoms with Crippen LogP contribution in [0.1, 0.15) is 30.6 Å². The molecule has 1 saturated heterocycles. The lowest BCUT2D eigenvalue weighted by molar-refractivity contribution is -0.115. The lowest BCUT2D eigenvalue weighted by Gasteiger charge is -2.33. The zero-order valence-electron chi connectivity index (χ0n) is 17.4. The molecule has 1 amide bonds. The van der Waals surface area contributed by atoms with E-state index in [4.69, 9.17) is 4.74 Å². The standard InChI is InChI=1S/C22H29N3O4S/c1-3-22(26)24-19-9-10-21(17(2)15-19)30(27,28)23-11-12-25-13-14-29-20(16-25)18-7-5-4-6-8-18/h4-10,15,20,23H,3,11-14,16H2,1-2H3,(H,24,26). The van der Waals surface area contributed by atoms with Gasteiger partial charge in [-0.2, -0.15) is 0 Å². The van der Waals surface area contributed by atoms with E-state index < -0.39 is 10.0 Å². The number of anilines is 1. The van der Waals surface area contributed by atoms with E-state index in [0.29, 0.717) is 37.4 Å². The molecule has 1 fully saturated rings. The molecule has 1 aliphatic heterocycles. The number of morpholine rings is 1. The molecule has 0 aliphatic carbocycles. The fraction of sp³-hybridized carbons (Fsp3) is 0.409. The summed E-state index contributed by atoms with van der Waals surface area (Å²) < 4.78 is 34.0. The molecule has 1 heterocycles. The number of ether oxygens (including phenoxy) is 1. The Kier molecular flexibility index (Phi) is 7.60. The summed E-state index contributed by atoms with van der Waals surface area (Å²) >= 11 is 0. The highest BCUT2D eigenvalue weighted by atomic mass is 32.2. The van der Waals surface area contributed by atoms with Gasteiger partial charge in [0.15, 0.2) is 0 Å². The Balaban J connectivity index is 1.55. The van der Waals surface area contributed by atoms with Crippen LogP contribution in [0, 0.1) is 6.92 Å².